The Morgan fingerprint density at radius 3 is 1.56 bits per heavy atom. The highest BCUT2D eigenvalue weighted by molar-refractivity contribution is 7.81. The van der Waals surface area contributed by atoms with Crippen LogP contribution in [0.1, 0.15) is 19.3 Å². The topological polar surface area (TPSA) is 336 Å². The highest BCUT2D eigenvalue weighted by Gasteiger charge is 2.48. The lowest BCUT2D eigenvalue weighted by Gasteiger charge is -2.39. The molecule has 27 heteroatoms. The van der Waals surface area contributed by atoms with Crippen LogP contribution in [0.5, 0.6) is 0 Å². The molecule has 7 atom stereocenters. The Kier molecular flexibility index (Phi) is 11.2. The number of hydrogen-bond acceptors (Lipinski definition) is 17. The first-order valence-corrected chi connectivity index (χ1v) is 16.7. The number of ether oxygens (including phenoxy) is 2. The standard InChI is InChI=1S/C12H22O22S5/c13-35(14,15)28-4-6-1-7(2-9(32-37(19,20)21)11(6)34-39(25,26)27)30-12-10(33-38(22,23)24)3-8(31-12)5-29-36(16,17)18/h6-12H,1-5H2,(H,13,14,15)(H,16,17,18)(H,19,20,21)(H,22,23,24)(H,25,26,27)/t6-,7+,8+,9-,10+,11-,12-/m1/s1. The summed E-state index contributed by atoms with van der Waals surface area (Å²) in [5, 5.41) is 0. The molecule has 0 aromatic carbocycles. The summed E-state index contributed by atoms with van der Waals surface area (Å²) in [5.74, 6) is -1.62. The predicted molar refractivity (Wildman–Crippen MR) is 115 cm³/mol. The number of hydrogen-bond donors (Lipinski definition) is 5. The fraction of sp³-hybridized carbons (Fsp3) is 1.00. The second kappa shape index (κ2) is 12.6. The average Bonchev–Trinajstić information content (AvgIpc) is 3.03. The molecule has 5 N–H and O–H groups in total. The molecular weight excluding hydrogens is 656 g/mol. The van der Waals surface area contributed by atoms with Crippen LogP contribution in [0, 0.1) is 5.92 Å². The first-order valence-electron chi connectivity index (χ1n) is 9.91. The van der Waals surface area contributed by atoms with Crippen molar-refractivity contribution >= 4 is 52.0 Å². The van der Waals surface area contributed by atoms with Crippen molar-refractivity contribution in [2.24, 2.45) is 5.92 Å². The summed E-state index contributed by atoms with van der Waals surface area (Å²) < 4.78 is 188. The van der Waals surface area contributed by atoms with Crippen molar-refractivity contribution in [1.29, 1.82) is 0 Å². The third kappa shape index (κ3) is 13.7. The van der Waals surface area contributed by atoms with Gasteiger partial charge in [-0.05, 0) is 6.42 Å². The van der Waals surface area contributed by atoms with Gasteiger partial charge in [-0.1, -0.05) is 0 Å². The Hall–Kier alpha value is -0.730. The maximum absolute atomic E-state index is 11.3. The van der Waals surface area contributed by atoms with Crippen molar-refractivity contribution in [2.45, 2.75) is 56.1 Å². The van der Waals surface area contributed by atoms with Gasteiger partial charge >= 0.3 is 52.0 Å². The molecule has 0 spiro atoms. The Morgan fingerprint density at radius 2 is 1.08 bits per heavy atom. The fourth-order valence-electron chi connectivity index (χ4n) is 3.77. The molecule has 232 valence electrons. The van der Waals surface area contributed by atoms with Crippen LogP contribution >= 0.6 is 0 Å². The van der Waals surface area contributed by atoms with Gasteiger partial charge in [0.05, 0.1) is 25.4 Å². The highest BCUT2D eigenvalue weighted by atomic mass is 32.3. The molecule has 39 heavy (non-hydrogen) atoms. The summed E-state index contributed by atoms with van der Waals surface area (Å²) in [5.41, 5.74) is 0. The third-order valence-corrected chi connectivity index (χ3v) is 7.21. The van der Waals surface area contributed by atoms with Crippen molar-refractivity contribution in [3.05, 3.63) is 0 Å². The van der Waals surface area contributed by atoms with Gasteiger partial charge in [-0.25, -0.2) is 20.9 Å². The lowest BCUT2D eigenvalue weighted by Crippen LogP contribution is -2.50. The van der Waals surface area contributed by atoms with Crippen molar-refractivity contribution in [2.75, 3.05) is 13.2 Å². The monoisotopic (exact) mass is 678 g/mol. The van der Waals surface area contributed by atoms with Crippen LogP contribution < -0.4 is 0 Å². The van der Waals surface area contributed by atoms with Gasteiger partial charge in [0.25, 0.3) is 0 Å². The lowest BCUT2D eigenvalue weighted by molar-refractivity contribution is -0.209. The zero-order valence-corrected chi connectivity index (χ0v) is 22.9. The second-order valence-electron chi connectivity index (χ2n) is 7.89. The summed E-state index contributed by atoms with van der Waals surface area (Å²) in [6.45, 7) is -2.05. The molecular formula is C12H22O22S5. The molecule has 0 amide bonds. The smallest absolute Gasteiger partial charge is 0.347 e. The van der Waals surface area contributed by atoms with E-state index in [-0.39, 0.29) is 0 Å². The minimum atomic E-state index is -5.38. The summed E-state index contributed by atoms with van der Waals surface area (Å²) in [4.78, 5) is 0. The number of rotatable bonds is 14. The molecule has 1 aliphatic heterocycles. The lowest BCUT2D eigenvalue weighted by atomic mass is 9.83. The molecule has 1 heterocycles. The second-order valence-corrected chi connectivity index (χ2v) is 13.2. The minimum Gasteiger partial charge on any atom is -0.347 e. The van der Waals surface area contributed by atoms with E-state index in [0.29, 0.717) is 0 Å². The van der Waals surface area contributed by atoms with Crippen molar-refractivity contribution in [1.82, 2.24) is 0 Å². The van der Waals surface area contributed by atoms with Gasteiger partial charge < -0.3 is 9.47 Å². The maximum atomic E-state index is 11.3. The molecule has 0 bridgehead atoms. The Bertz CT molecular complexity index is 1380. The molecule has 0 unspecified atom stereocenters. The molecule has 1 saturated heterocycles. The summed E-state index contributed by atoms with van der Waals surface area (Å²) in [6, 6.07) is 0. The molecule has 1 aliphatic carbocycles. The average molecular weight is 679 g/mol. The van der Waals surface area contributed by atoms with E-state index in [4.69, 9.17) is 32.2 Å². The van der Waals surface area contributed by atoms with E-state index in [1.165, 1.54) is 0 Å². The third-order valence-electron chi connectivity index (χ3n) is 4.90. The largest absolute Gasteiger partial charge is 0.397 e. The fourth-order valence-corrected chi connectivity index (χ4v) is 5.98. The van der Waals surface area contributed by atoms with Crippen LogP contribution in [0.25, 0.3) is 0 Å². The van der Waals surface area contributed by atoms with Crippen LogP contribution in [0.4, 0.5) is 0 Å². The van der Waals surface area contributed by atoms with Gasteiger partial charge in [0.1, 0.15) is 18.3 Å². The van der Waals surface area contributed by atoms with E-state index >= 15 is 0 Å². The molecule has 2 fully saturated rings. The van der Waals surface area contributed by atoms with E-state index in [9.17, 15) is 42.1 Å². The summed E-state index contributed by atoms with van der Waals surface area (Å²) >= 11 is 0. The van der Waals surface area contributed by atoms with E-state index in [2.05, 4.69) is 20.9 Å². The zero-order valence-electron chi connectivity index (χ0n) is 18.8. The molecule has 0 radical (unpaired) electrons. The predicted octanol–water partition coefficient (Wildman–Crippen LogP) is -2.90. The Balaban J connectivity index is 2.34. The highest BCUT2D eigenvalue weighted by Crippen LogP contribution is 2.36. The van der Waals surface area contributed by atoms with Crippen LogP contribution in [-0.2, 0) is 82.4 Å². The summed E-state index contributed by atoms with van der Waals surface area (Å²) in [7, 11) is -26.1. The van der Waals surface area contributed by atoms with Crippen LogP contribution in [-0.4, -0.2) is 115 Å². The van der Waals surface area contributed by atoms with Gasteiger partial charge in [-0.3, -0.25) is 22.8 Å². The SMILES string of the molecule is O=S(=O)(O)OC[C@@H]1C[C@H](OS(=O)(=O)O)[C@H](O[C@H]2C[C@H](COS(=O)(=O)O)[C@@H](OS(=O)(=O)O)[C@H](OS(=O)(=O)O)C2)O1. The Labute approximate surface area is 222 Å². The first-order chi connectivity index (χ1) is 17.4. The van der Waals surface area contributed by atoms with E-state index in [1.807, 2.05) is 0 Å². The van der Waals surface area contributed by atoms with Crippen LogP contribution in [0.2, 0.25) is 0 Å². The van der Waals surface area contributed by atoms with E-state index in [1.54, 1.807) is 0 Å². The molecule has 0 aromatic rings. The van der Waals surface area contributed by atoms with Crippen LogP contribution in [0.15, 0.2) is 0 Å². The zero-order chi connectivity index (χ0) is 30.0. The molecule has 2 rings (SSSR count). The maximum Gasteiger partial charge on any atom is 0.397 e. The van der Waals surface area contributed by atoms with Crippen molar-refractivity contribution in [3.63, 3.8) is 0 Å². The van der Waals surface area contributed by atoms with E-state index in [0.717, 1.165) is 0 Å². The van der Waals surface area contributed by atoms with E-state index < -0.39 is 127 Å². The summed E-state index contributed by atoms with van der Waals surface area (Å²) in [6.07, 6.45) is -12.4. The molecule has 2 aliphatic rings. The van der Waals surface area contributed by atoms with Crippen molar-refractivity contribution in [3.8, 4) is 0 Å². The van der Waals surface area contributed by atoms with Gasteiger partial charge in [0.15, 0.2) is 6.29 Å². The molecule has 1 saturated carbocycles. The molecule has 22 nitrogen and oxygen atoms in total. The van der Waals surface area contributed by atoms with Gasteiger partial charge in [-0.2, -0.15) is 42.1 Å². The molecule has 0 aromatic heterocycles. The van der Waals surface area contributed by atoms with Crippen molar-refractivity contribution < 1.29 is 95.2 Å². The quantitative estimate of drug-likeness (QED) is 0.115. The van der Waals surface area contributed by atoms with Crippen LogP contribution in [0.3, 0.4) is 0 Å². The van der Waals surface area contributed by atoms with Gasteiger partial charge in [0, 0.05) is 18.8 Å². The minimum absolute atomic E-state index is 0.540. The van der Waals surface area contributed by atoms with Gasteiger partial charge in [-0.15, -0.1) is 0 Å². The normalized spacial score (nSPS) is 31.4. The first kappa shape index (κ1) is 34.5. The Morgan fingerprint density at radius 1 is 0.590 bits per heavy atom. The van der Waals surface area contributed by atoms with Gasteiger partial charge in [0.2, 0.25) is 0 Å².